The molecule has 2 amide bonds. The van der Waals surface area contributed by atoms with E-state index in [0.29, 0.717) is 39.7 Å². The number of nitrogens with one attached hydrogen (secondary N) is 2. The van der Waals surface area contributed by atoms with Crippen LogP contribution in [-0.4, -0.2) is 31.7 Å². The normalized spacial score (nSPS) is 11.7. The lowest BCUT2D eigenvalue weighted by Crippen LogP contribution is -2.24. The second-order valence-corrected chi connectivity index (χ2v) is 8.74. The van der Waals surface area contributed by atoms with E-state index in [2.05, 4.69) is 22.3 Å². The van der Waals surface area contributed by atoms with E-state index in [1.165, 1.54) is 30.6 Å². The highest BCUT2D eigenvalue weighted by molar-refractivity contribution is 7.16. The molecule has 2 aromatic carbocycles. The van der Waals surface area contributed by atoms with Gasteiger partial charge in [0.25, 0.3) is 11.8 Å². The number of aryl methyl sites for hydroxylation is 1. The summed E-state index contributed by atoms with van der Waals surface area (Å²) >= 11 is 1.38. The highest BCUT2D eigenvalue weighted by Crippen LogP contribution is 2.33. The summed E-state index contributed by atoms with van der Waals surface area (Å²) in [4.78, 5) is 38.4. The van der Waals surface area contributed by atoms with Crippen molar-refractivity contribution in [3.8, 4) is 11.5 Å². The highest BCUT2D eigenvalue weighted by atomic mass is 32.1. The Balaban J connectivity index is 1.47. The van der Waals surface area contributed by atoms with Gasteiger partial charge in [0, 0.05) is 17.0 Å². The number of carbonyl (C=O) groups excluding carboxylic acids is 3. The van der Waals surface area contributed by atoms with E-state index in [-0.39, 0.29) is 18.6 Å². The molecular formula is C25H24N2O6S. The lowest BCUT2D eigenvalue weighted by atomic mass is 10.1. The number of hydrogen-bond donors (Lipinski definition) is 2. The van der Waals surface area contributed by atoms with Crippen molar-refractivity contribution in [3.05, 3.63) is 75.7 Å². The predicted octanol–water partition coefficient (Wildman–Crippen LogP) is 4.40. The van der Waals surface area contributed by atoms with E-state index in [0.717, 1.165) is 23.3 Å². The molecule has 0 atom stereocenters. The Bertz CT molecular complexity index is 1220. The van der Waals surface area contributed by atoms with Crippen molar-refractivity contribution >= 4 is 34.1 Å². The number of anilines is 1. The van der Waals surface area contributed by atoms with Gasteiger partial charge in [0.15, 0.2) is 11.5 Å². The first kappa shape index (κ1) is 23.3. The number of methoxy groups -OCH3 is 1. The van der Waals surface area contributed by atoms with Gasteiger partial charge in [0.1, 0.15) is 5.00 Å². The first-order valence-electron chi connectivity index (χ1n) is 10.8. The first-order valence-corrected chi connectivity index (χ1v) is 11.6. The molecule has 1 aliphatic rings. The Hall–Kier alpha value is -3.85. The number of esters is 1. The van der Waals surface area contributed by atoms with Crippen LogP contribution < -0.4 is 20.1 Å². The predicted molar refractivity (Wildman–Crippen MR) is 128 cm³/mol. The van der Waals surface area contributed by atoms with Gasteiger partial charge >= 0.3 is 5.97 Å². The Kier molecular flexibility index (Phi) is 7.12. The molecule has 0 spiro atoms. The van der Waals surface area contributed by atoms with Gasteiger partial charge in [0.05, 0.1) is 18.2 Å². The van der Waals surface area contributed by atoms with Gasteiger partial charge in [-0.05, 0) is 54.4 Å². The second kappa shape index (κ2) is 10.4. The maximum absolute atomic E-state index is 13.0. The molecular weight excluding hydrogens is 456 g/mol. The number of fused-ring (bicyclic) bond motifs is 1. The molecule has 8 nitrogen and oxygen atoms in total. The summed E-state index contributed by atoms with van der Waals surface area (Å²) in [5.41, 5.74) is 2.00. The van der Waals surface area contributed by atoms with Crippen LogP contribution in [-0.2, 0) is 17.7 Å². The molecule has 0 saturated heterocycles. The molecule has 2 N–H and O–H groups in total. The molecule has 0 radical (unpaired) electrons. The molecule has 0 aliphatic carbocycles. The number of hydrogen-bond acceptors (Lipinski definition) is 7. The average molecular weight is 481 g/mol. The summed E-state index contributed by atoms with van der Waals surface area (Å²) in [6, 6.07) is 13.5. The third-order valence-electron chi connectivity index (χ3n) is 5.21. The second-order valence-electron chi connectivity index (χ2n) is 7.60. The molecule has 1 aliphatic heterocycles. The zero-order valence-electron chi connectivity index (χ0n) is 18.8. The maximum Gasteiger partial charge on any atom is 0.337 e. The van der Waals surface area contributed by atoms with Crippen LogP contribution in [0, 0.1) is 0 Å². The average Bonchev–Trinajstić information content (AvgIpc) is 3.48. The van der Waals surface area contributed by atoms with Crippen LogP contribution in [0.3, 0.4) is 0 Å². The number of thiophene rings is 1. The lowest BCUT2D eigenvalue weighted by molar-refractivity contribution is 0.0600. The maximum atomic E-state index is 13.0. The number of ether oxygens (including phenoxy) is 3. The molecule has 34 heavy (non-hydrogen) atoms. The fourth-order valence-corrected chi connectivity index (χ4v) is 4.60. The molecule has 0 unspecified atom stereocenters. The van der Waals surface area contributed by atoms with Gasteiger partial charge in [-0.2, -0.15) is 0 Å². The summed E-state index contributed by atoms with van der Waals surface area (Å²) < 4.78 is 15.4. The van der Waals surface area contributed by atoms with Crippen molar-refractivity contribution in [3.63, 3.8) is 0 Å². The van der Waals surface area contributed by atoms with Crippen molar-refractivity contribution < 1.29 is 28.6 Å². The fourth-order valence-electron chi connectivity index (χ4n) is 3.45. The number of amides is 2. The fraction of sp³-hybridized carbons (Fsp3) is 0.240. The van der Waals surface area contributed by atoms with E-state index in [1.807, 2.05) is 24.3 Å². The Morgan fingerprint density at radius 1 is 0.971 bits per heavy atom. The van der Waals surface area contributed by atoms with Gasteiger partial charge in [-0.3, -0.25) is 9.59 Å². The lowest BCUT2D eigenvalue weighted by Gasteiger charge is -2.09. The molecule has 176 valence electrons. The third-order valence-corrected chi connectivity index (χ3v) is 6.32. The zero-order chi connectivity index (χ0) is 24.1. The van der Waals surface area contributed by atoms with Gasteiger partial charge < -0.3 is 24.8 Å². The molecule has 3 aromatic rings. The summed E-state index contributed by atoms with van der Waals surface area (Å²) in [7, 11) is 1.30. The van der Waals surface area contributed by atoms with Crippen LogP contribution in [0.4, 0.5) is 5.00 Å². The summed E-state index contributed by atoms with van der Waals surface area (Å²) in [6.45, 7) is 2.55. The number of rotatable bonds is 8. The van der Waals surface area contributed by atoms with Gasteiger partial charge in [-0.15, -0.1) is 11.3 Å². The number of benzene rings is 2. The molecule has 9 heteroatoms. The summed E-state index contributed by atoms with van der Waals surface area (Å²) in [5, 5.41) is 6.24. The number of carbonyl (C=O) groups is 3. The zero-order valence-corrected chi connectivity index (χ0v) is 19.6. The van der Waals surface area contributed by atoms with Crippen LogP contribution in [0.1, 0.15) is 54.9 Å². The quantitative estimate of drug-likeness (QED) is 0.464. The van der Waals surface area contributed by atoms with E-state index in [1.54, 1.807) is 12.1 Å². The minimum Gasteiger partial charge on any atom is -0.465 e. The Labute approximate surface area is 200 Å². The van der Waals surface area contributed by atoms with E-state index in [9.17, 15) is 14.4 Å². The van der Waals surface area contributed by atoms with Crippen molar-refractivity contribution in [2.75, 3.05) is 19.2 Å². The Morgan fingerprint density at radius 2 is 1.71 bits per heavy atom. The van der Waals surface area contributed by atoms with Gasteiger partial charge in [0.2, 0.25) is 6.79 Å². The van der Waals surface area contributed by atoms with Crippen LogP contribution >= 0.6 is 11.3 Å². The Morgan fingerprint density at radius 3 is 2.44 bits per heavy atom. The van der Waals surface area contributed by atoms with Crippen molar-refractivity contribution in [2.24, 2.45) is 0 Å². The van der Waals surface area contributed by atoms with Gasteiger partial charge in [-0.25, -0.2) is 4.79 Å². The molecule has 0 fully saturated rings. The van der Waals surface area contributed by atoms with E-state index >= 15 is 0 Å². The highest BCUT2D eigenvalue weighted by Gasteiger charge is 2.20. The first-order chi connectivity index (χ1) is 16.5. The largest absolute Gasteiger partial charge is 0.465 e. The topological polar surface area (TPSA) is 103 Å². The van der Waals surface area contributed by atoms with E-state index in [4.69, 9.17) is 9.47 Å². The molecule has 0 saturated carbocycles. The van der Waals surface area contributed by atoms with Crippen LogP contribution in [0.2, 0.25) is 0 Å². The van der Waals surface area contributed by atoms with Crippen LogP contribution in [0.25, 0.3) is 0 Å². The minimum atomic E-state index is -0.476. The standard InChI is InChI=1S/C25H24N2O6S/c1-3-4-18-12-19(23(29)26-13-15-5-10-20-21(11-15)33-14-32-20)24(34-18)27-22(28)16-6-8-17(9-7-16)25(30)31-2/h5-12H,3-4,13-14H2,1-2H3,(H,26,29)(H,27,28). The molecule has 2 heterocycles. The molecule has 0 bridgehead atoms. The molecule has 4 rings (SSSR count). The summed E-state index contributed by atoms with van der Waals surface area (Å²) in [5.74, 6) is 0.204. The van der Waals surface area contributed by atoms with Crippen molar-refractivity contribution in [1.29, 1.82) is 0 Å². The van der Waals surface area contributed by atoms with Crippen LogP contribution in [0.15, 0.2) is 48.5 Å². The minimum absolute atomic E-state index is 0.189. The SMILES string of the molecule is CCCc1cc(C(=O)NCc2ccc3c(c2)OCO3)c(NC(=O)c2ccc(C(=O)OC)cc2)s1. The third kappa shape index (κ3) is 5.20. The summed E-state index contributed by atoms with van der Waals surface area (Å²) in [6.07, 6.45) is 1.72. The monoisotopic (exact) mass is 480 g/mol. The van der Waals surface area contributed by atoms with Crippen molar-refractivity contribution in [2.45, 2.75) is 26.3 Å². The smallest absolute Gasteiger partial charge is 0.337 e. The van der Waals surface area contributed by atoms with Crippen LogP contribution in [0.5, 0.6) is 11.5 Å². The van der Waals surface area contributed by atoms with Gasteiger partial charge in [-0.1, -0.05) is 19.4 Å². The molecule has 1 aromatic heterocycles. The van der Waals surface area contributed by atoms with Crippen molar-refractivity contribution in [1.82, 2.24) is 5.32 Å². The van der Waals surface area contributed by atoms with E-state index < -0.39 is 5.97 Å².